The molecule has 6 heteroatoms. The number of hydrogen-bond donors (Lipinski definition) is 0. The van der Waals surface area contributed by atoms with Crippen LogP contribution in [0.2, 0.25) is 0 Å². The first-order valence-electron chi connectivity index (χ1n) is 3.64. The zero-order chi connectivity index (χ0) is 11.7. The quantitative estimate of drug-likeness (QED) is 0.463. The second-order valence-corrected chi connectivity index (χ2v) is 2.50. The Morgan fingerprint density at radius 1 is 0.786 bits per heavy atom. The smallest absolute Gasteiger partial charge is 0.135 e. The number of carboxylic acids is 2. The van der Waals surface area contributed by atoms with Crippen molar-refractivity contribution in [1.29, 1.82) is 0 Å². The number of hydrogen-bond acceptors (Lipinski definition) is 6. The highest BCUT2D eigenvalue weighted by Crippen LogP contribution is 1.75. The molecule has 80 valence electrons. The van der Waals surface area contributed by atoms with Gasteiger partial charge in [-0.05, 0) is 13.8 Å². The van der Waals surface area contributed by atoms with E-state index in [0.717, 1.165) is 0 Å². The molecule has 0 spiro atoms. The molecule has 0 radical (unpaired) electrons. The van der Waals surface area contributed by atoms with Crippen molar-refractivity contribution in [3.63, 3.8) is 0 Å². The maximum Gasteiger partial charge on any atom is 0.135 e. The number of carbonyl (C=O) groups is 4. The monoisotopic (exact) mass is 202 g/mol. The minimum atomic E-state index is -1.31. The lowest BCUT2D eigenvalue weighted by molar-refractivity contribution is -0.306. The van der Waals surface area contributed by atoms with Crippen LogP contribution in [-0.4, -0.2) is 23.5 Å². The number of carbonyl (C=O) groups excluding carboxylic acids is 4. The summed E-state index contributed by atoms with van der Waals surface area (Å²) in [6.07, 6.45) is -0.944. The third-order valence-corrected chi connectivity index (χ3v) is 0.787. The fourth-order valence-electron chi connectivity index (χ4n) is 0.407. The van der Waals surface area contributed by atoms with Crippen LogP contribution in [0.3, 0.4) is 0 Å². The van der Waals surface area contributed by atoms with Crippen LogP contribution < -0.4 is 10.2 Å². The maximum atomic E-state index is 9.83. The summed E-state index contributed by atoms with van der Waals surface area (Å²) < 4.78 is 0. The number of rotatable bonds is 4. The first-order valence-corrected chi connectivity index (χ1v) is 3.64. The van der Waals surface area contributed by atoms with Crippen LogP contribution >= 0.6 is 0 Å². The Hall–Kier alpha value is -1.72. The molecule has 0 amide bonds. The molecule has 0 rings (SSSR count). The van der Waals surface area contributed by atoms with Crippen LogP contribution in [0.5, 0.6) is 0 Å². The molecule has 0 aromatic heterocycles. The molecule has 0 N–H and O–H groups in total. The lowest BCUT2D eigenvalue weighted by Crippen LogP contribution is -2.24. The molecule has 0 saturated heterocycles. The van der Waals surface area contributed by atoms with E-state index in [4.69, 9.17) is 0 Å². The van der Waals surface area contributed by atoms with E-state index in [0.29, 0.717) is 0 Å². The Morgan fingerprint density at radius 2 is 1.00 bits per heavy atom. The fraction of sp³-hybridized carbons (Fsp3) is 0.500. The number of aliphatic carboxylic acids is 2. The van der Waals surface area contributed by atoms with Gasteiger partial charge in [0.15, 0.2) is 0 Å². The van der Waals surface area contributed by atoms with Crippen molar-refractivity contribution < 1.29 is 29.4 Å². The van der Waals surface area contributed by atoms with Gasteiger partial charge in [-0.25, -0.2) is 0 Å². The standard InChI is InChI=1S/2C4H6O3/c2*1-3(5)2-4(6)7/h2*2H2,1H3,(H,6,7)/p-2. The summed E-state index contributed by atoms with van der Waals surface area (Å²) >= 11 is 0. The maximum absolute atomic E-state index is 9.83. The Balaban J connectivity index is 0. The van der Waals surface area contributed by atoms with Crippen molar-refractivity contribution in [2.24, 2.45) is 0 Å². The molecule has 0 saturated carbocycles. The minimum Gasteiger partial charge on any atom is -0.550 e. The van der Waals surface area contributed by atoms with E-state index >= 15 is 0 Å². The van der Waals surface area contributed by atoms with Crippen LogP contribution in [0.15, 0.2) is 0 Å². The molecule has 14 heavy (non-hydrogen) atoms. The van der Waals surface area contributed by atoms with E-state index in [-0.39, 0.29) is 11.6 Å². The predicted molar refractivity (Wildman–Crippen MR) is 40.6 cm³/mol. The second-order valence-electron chi connectivity index (χ2n) is 2.50. The Morgan fingerprint density at radius 3 is 1.00 bits per heavy atom. The Labute approximate surface area is 80.5 Å². The van der Waals surface area contributed by atoms with Gasteiger partial charge in [-0.2, -0.15) is 0 Å². The van der Waals surface area contributed by atoms with Crippen LogP contribution in [0.25, 0.3) is 0 Å². The highest BCUT2D eigenvalue weighted by Gasteiger charge is 1.89. The van der Waals surface area contributed by atoms with E-state index in [1.54, 1.807) is 0 Å². The van der Waals surface area contributed by atoms with Gasteiger partial charge in [0.05, 0.1) is 0 Å². The molecule has 0 aromatic rings. The molecule has 0 aliphatic heterocycles. The van der Waals surface area contributed by atoms with E-state index < -0.39 is 24.8 Å². The third kappa shape index (κ3) is 22.4. The normalized spacial score (nSPS) is 8.14. The van der Waals surface area contributed by atoms with Gasteiger partial charge >= 0.3 is 0 Å². The van der Waals surface area contributed by atoms with Crippen molar-refractivity contribution >= 4 is 23.5 Å². The summed E-state index contributed by atoms with van der Waals surface area (Å²) in [6, 6.07) is 0. The second kappa shape index (κ2) is 7.90. The minimum absolute atomic E-state index is 0.375. The highest BCUT2D eigenvalue weighted by atomic mass is 16.4. The molecule has 0 aliphatic carbocycles. The summed E-state index contributed by atoms with van der Waals surface area (Å²) in [5.41, 5.74) is 0. The molecule has 0 aliphatic rings. The fourth-order valence-corrected chi connectivity index (χ4v) is 0.407. The van der Waals surface area contributed by atoms with Crippen LogP contribution in [0, 0.1) is 0 Å². The van der Waals surface area contributed by atoms with Gasteiger partial charge in [0.25, 0.3) is 0 Å². The van der Waals surface area contributed by atoms with Gasteiger partial charge in [-0.3, -0.25) is 9.59 Å². The Bertz CT molecular complexity index is 192. The molecule has 0 bridgehead atoms. The van der Waals surface area contributed by atoms with E-state index in [1.807, 2.05) is 0 Å². The van der Waals surface area contributed by atoms with Crippen molar-refractivity contribution in [1.82, 2.24) is 0 Å². The van der Waals surface area contributed by atoms with Gasteiger partial charge in [-0.1, -0.05) is 0 Å². The number of ketones is 2. The van der Waals surface area contributed by atoms with E-state index in [1.165, 1.54) is 13.8 Å². The van der Waals surface area contributed by atoms with Crippen molar-refractivity contribution in [2.45, 2.75) is 26.7 Å². The molecule has 0 heterocycles. The first kappa shape index (κ1) is 14.8. The zero-order valence-corrected chi connectivity index (χ0v) is 7.86. The van der Waals surface area contributed by atoms with Crippen molar-refractivity contribution in [3.8, 4) is 0 Å². The first-order chi connectivity index (χ1) is 6.25. The van der Waals surface area contributed by atoms with Crippen molar-refractivity contribution in [3.05, 3.63) is 0 Å². The third-order valence-electron chi connectivity index (χ3n) is 0.787. The van der Waals surface area contributed by atoms with Gasteiger partial charge < -0.3 is 19.8 Å². The van der Waals surface area contributed by atoms with Gasteiger partial charge in [-0.15, -0.1) is 0 Å². The SMILES string of the molecule is CC(=O)CC(=O)[O-].CC(=O)CC(=O)[O-]. The average molecular weight is 202 g/mol. The number of Topliss-reactive ketones (excluding diaryl/α,β-unsaturated/α-hetero) is 2. The topological polar surface area (TPSA) is 114 Å². The zero-order valence-electron chi connectivity index (χ0n) is 7.86. The van der Waals surface area contributed by atoms with Gasteiger partial charge in [0.1, 0.15) is 11.6 Å². The lowest BCUT2D eigenvalue weighted by atomic mass is 10.3. The predicted octanol–water partition coefficient (Wildman–Crippen LogP) is -2.57. The largest absolute Gasteiger partial charge is 0.550 e. The molecule has 6 nitrogen and oxygen atoms in total. The van der Waals surface area contributed by atoms with Gasteiger partial charge in [0, 0.05) is 24.8 Å². The van der Waals surface area contributed by atoms with E-state index in [2.05, 4.69) is 0 Å². The molecule has 0 aromatic carbocycles. The van der Waals surface area contributed by atoms with Gasteiger partial charge in [0.2, 0.25) is 0 Å². The molecule has 0 atom stereocenters. The molecular formula is C8H10O6-2. The molecule has 0 fully saturated rings. The molecular weight excluding hydrogens is 192 g/mol. The summed E-state index contributed by atoms with van der Waals surface area (Å²) in [6.45, 7) is 2.41. The van der Waals surface area contributed by atoms with Crippen molar-refractivity contribution in [2.75, 3.05) is 0 Å². The summed E-state index contributed by atoms with van der Waals surface area (Å²) in [4.78, 5) is 38.6. The van der Waals surface area contributed by atoms with E-state index in [9.17, 15) is 29.4 Å². The number of carboxylic acid groups (broad SMARTS) is 2. The average Bonchev–Trinajstić information content (AvgIpc) is 1.79. The molecule has 0 unspecified atom stereocenters. The van der Waals surface area contributed by atoms with Crippen LogP contribution in [0.4, 0.5) is 0 Å². The Kier molecular flexibility index (Phi) is 8.35. The van der Waals surface area contributed by atoms with Crippen LogP contribution in [-0.2, 0) is 19.2 Å². The summed E-state index contributed by atoms with van der Waals surface area (Å²) in [7, 11) is 0. The lowest BCUT2D eigenvalue weighted by Gasteiger charge is -1.92. The van der Waals surface area contributed by atoms with Crippen LogP contribution in [0.1, 0.15) is 26.7 Å². The summed E-state index contributed by atoms with van der Waals surface area (Å²) in [5.74, 6) is -3.37. The summed E-state index contributed by atoms with van der Waals surface area (Å²) in [5, 5.41) is 19.0. The highest BCUT2D eigenvalue weighted by molar-refractivity contribution is 5.92.